The van der Waals surface area contributed by atoms with Gasteiger partial charge >= 0.3 is 0 Å². The lowest BCUT2D eigenvalue weighted by atomic mass is 9.90. The lowest BCUT2D eigenvalue weighted by molar-refractivity contribution is 0.0815. The number of rotatable bonds is 6. The SMILES string of the molecule is CN1CCN(C2CCC(n3nc(-c4ccc(NS(=O)(=O)c5c(Cl)cccc5Cl)c(F)c4)c4c(N)ncnc43)CC2)CC1. The van der Waals surface area contributed by atoms with Gasteiger partial charge in [0.15, 0.2) is 5.65 Å². The molecule has 4 aromatic rings. The van der Waals surface area contributed by atoms with E-state index in [1.807, 2.05) is 4.68 Å². The van der Waals surface area contributed by atoms with Gasteiger partial charge in [-0.25, -0.2) is 27.5 Å². The molecule has 0 bridgehead atoms. The molecular formula is C28H31Cl2FN8O2S. The number of hydrogen-bond acceptors (Lipinski definition) is 8. The molecule has 1 aliphatic carbocycles. The van der Waals surface area contributed by atoms with E-state index < -0.39 is 15.8 Å². The molecule has 222 valence electrons. The lowest BCUT2D eigenvalue weighted by Crippen LogP contribution is -2.49. The molecule has 3 N–H and O–H groups in total. The van der Waals surface area contributed by atoms with Crippen LogP contribution in [-0.2, 0) is 10.0 Å². The third-order valence-corrected chi connectivity index (χ3v) is 10.6. The van der Waals surface area contributed by atoms with Gasteiger partial charge in [0.2, 0.25) is 0 Å². The second-order valence-electron chi connectivity index (χ2n) is 10.9. The zero-order chi connectivity index (χ0) is 29.6. The molecule has 6 rings (SSSR count). The van der Waals surface area contributed by atoms with Crippen molar-refractivity contribution in [2.75, 3.05) is 43.7 Å². The fourth-order valence-corrected chi connectivity index (χ4v) is 8.20. The highest BCUT2D eigenvalue weighted by atomic mass is 35.5. The zero-order valence-electron chi connectivity index (χ0n) is 23.0. The minimum atomic E-state index is -4.26. The number of nitrogen functional groups attached to an aromatic ring is 1. The van der Waals surface area contributed by atoms with Crippen LogP contribution in [0, 0.1) is 5.82 Å². The van der Waals surface area contributed by atoms with Crippen molar-refractivity contribution >= 4 is 55.8 Å². The molecule has 3 heterocycles. The molecule has 0 unspecified atom stereocenters. The third-order valence-electron chi connectivity index (χ3n) is 8.26. The normalized spacial score (nSPS) is 20.7. The lowest BCUT2D eigenvalue weighted by Gasteiger charge is -2.41. The number of fused-ring (bicyclic) bond motifs is 1. The number of aromatic nitrogens is 4. The van der Waals surface area contributed by atoms with E-state index >= 15 is 4.39 Å². The number of benzene rings is 2. The van der Waals surface area contributed by atoms with E-state index in [0.717, 1.165) is 51.9 Å². The number of halogens is 3. The van der Waals surface area contributed by atoms with Crippen LogP contribution in [0.1, 0.15) is 31.7 Å². The highest BCUT2D eigenvalue weighted by Gasteiger charge is 2.31. The van der Waals surface area contributed by atoms with Gasteiger partial charge in [-0.1, -0.05) is 35.3 Å². The van der Waals surface area contributed by atoms with E-state index in [1.54, 1.807) is 6.07 Å². The monoisotopic (exact) mass is 632 g/mol. The first-order chi connectivity index (χ1) is 20.1. The smallest absolute Gasteiger partial charge is 0.264 e. The van der Waals surface area contributed by atoms with Crippen LogP contribution in [-0.4, -0.2) is 77.2 Å². The van der Waals surface area contributed by atoms with Crippen LogP contribution in [0.2, 0.25) is 10.0 Å². The molecule has 2 aromatic heterocycles. The predicted molar refractivity (Wildman–Crippen MR) is 163 cm³/mol. The Bertz CT molecular complexity index is 1720. The van der Waals surface area contributed by atoms with Crippen molar-refractivity contribution in [3.63, 3.8) is 0 Å². The van der Waals surface area contributed by atoms with E-state index in [1.165, 1.54) is 36.7 Å². The van der Waals surface area contributed by atoms with Crippen LogP contribution < -0.4 is 10.5 Å². The molecule has 1 aliphatic heterocycles. The molecule has 0 amide bonds. The molecule has 2 fully saturated rings. The van der Waals surface area contributed by atoms with Crippen LogP contribution in [0.3, 0.4) is 0 Å². The Morgan fingerprint density at radius 3 is 2.31 bits per heavy atom. The Morgan fingerprint density at radius 2 is 1.64 bits per heavy atom. The zero-order valence-corrected chi connectivity index (χ0v) is 25.3. The standard InChI is InChI=1S/C28H31Cl2FN8O2S/c1-37-11-13-38(14-12-37)18-6-8-19(9-7-18)39-28-24(27(32)33-16-34-28)25(35-39)17-5-10-23(22(31)15-17)36-42(40,41)26-20(29)3-2-4-21(26)30/h2-5,10,15-16,18-19,36H,6-9,11-14H2,1H3,(H2,32,33,34). The number of nitrogens with two attached hydrogens (primary N) is 1. The maximum absolute atomic E-state index is 15.4. The van der Waals surface area contributed by atoms with Crippen LogP contribution in [0.25, 0.3) is 22.3 Å². The van der Waals surface area contributed by atoms with Gasteiger partial charge < -0.3 is 10.6 Å². The first-order valence-electron chi connectivity index (χ1n) is 13.8. The van der Waals surface area contributed by atoms with Crippen molar-refractivity contribution in [3.8, 4) is 11.3 Å². The van der Waals surface area contributed by atoms with E-state index in [4.69, 9.17) is 34.0 Å². The molecule has 2 aromatic carbocycles. The van der Waals surface area contributed by atoms with Crippen molar-refractivity contribution < 1.29 is 12.8 Å². The molecule has 42 heavy (non-hydrogen) atoms. The number of hydrogen-bond donors (Lipinski definition) is 2. The minimum absolute atomic E-state index is 0.0721. The molecule has 0 spiro atoms. The maximum atomic E-state index is 15.4. The van der Waals surface area contributed by atoms with Crippen LogP contribution in [0.4, 0.5) is 15.9 Å². The van der Waals surface area contributed by atoms with Crippen LogP contribution >= 0.6 is 23.2 Å². The Morgan fingerprint density at radius 1 is 0.976 bits per heavy atom. The van der Waals surface area contributed by atoms with Crippen molar-refractivity contribution in [1.29, 1.82) is 0 Å². The molecule has 2 aliphatic rings. The first kappa shape index (κ1) is 29.1. The van der Waals surface area contributed by atoms with E-state index in [-0.39, 0.29) is 32.5 Å². The highest BCUT2D eigenvalue weighted by molar-refractivity contribution is 7.93. The summed E-state index contributed by atoms with van der Waals surface area (Å²) in [5, 5.41) is 5.27. The van der Waals surface area contributed by atoms with E-state index in [9.17, 15) is 8.42 Å². The number of nitrogens with zero attached hydrogens (tertiary/aromatic N) is 6. The average Bonchev–Trinajstić information content (AvgIpc) is 3.35. The quantitative estimate of drug-likeness (QED) is 0.303. The summed E-state index contributed by atoms with van der Waals surface area (Å²) in [6.45, 7) is 4.36. The van der Waals surface area contributed by atoms with Crippen molar-refractivity contribution in [2.45, 2.75) is 42.7 Å². The highest BCUT2D eigenvalue weighted by Crippen LogP contribution is 2.38. The number of anilines is 2. The van der Waals surface area contributed by atoms with Crippen LogP contribution in [0.5, 0.6) is 0 Å². The van der Waals surface area contributed by atoms with Gasteiger partial charge in [-0.15, -0.1) is 0 Å². The number of sulfonamides is 1. The Kier molecular flexibility index (Phi) is 8.01. The topological polar surface area (TPSA) is 122 Å². The molecule has 0 atom stereocenters. The fourth-order valence-electron chi connectivity index (χ4n) is 5.99. The third kappa shape index (κ3) is 5.53. The second-order valence-corrected chi connectivity index (χ2v) is 13.3. The summed E-state index contributed by atoms with van der Waals surface area (Å²) in [4.78, 5) is 13.3. The Hall–Kier alpha value is -3.03. The minimum Gasteiger partial charge on any atom is -0.383 e. The summed E-state index contributed by atoms with van der Waals surface area (Å²) < 4.78 is 45.5. The van der Waals surface area contributed by atoms with E-state index in [2.05, 4.69) is 31.5 Å². The summed E-state index contributed by atoms with van der Waals surface area (Å²) in [7, 11) is -2.10. The predicted octanol–water partition coefficient (Wildman–Crippen LogP) is 5.05. The molecular weight excluding hydrogens is 602 g/mol. The second kappa shape index (κ2) is 11.6. The Labute approximate surface area is 253 Å². The van der Waals surface area contributed by atoms with Gasteiger partial charge in [-0.3, -0.25) is 9.62 Å². The van der Waals surface area contributed by atoms with Crippen molar-refractivity contribution in [2.24, 2.45) is 0 Å². The van der Waals surface area contributed by atoms with Crippen molar-refractivity contribution in [1.82, 2.24) is 29.5 Å². The van der Waals surface area contributed by atoms with Crippen LogP contribution in [0.15, 0.2) is 47.6 Å². The average molecular weight is 634 g/mol. The summed E-state index contributed by atoms with van der Waals surface area (Å²) in [5.41, 5.74) is 7.48. The number of nitrogens with one attached hydrogen (secondary N) is 1. The fraction of sp³-hybridized carbons (Fsp3) is 0.393. The van der Waals surface area contributed by atoms with Gasteiger partial charge in [-0.05, 0) is 57.0 Å². The van der Waals surface area contributed by atoms with Crippen molar-refractivity contribution in [3.05, 3.63) is 58.6 Å². The number of piperazine rings is 1. The molecule has 1 saturated heterocycles. The summed E-state index contributed by atoms with van der Waals surface area (Å²) in [5.74, 6) is -0.559. The van der Waals surface area contributed by atoms with Gasteiger partial charge in [0, 0.05) is 37.8 Å². The molecule has 0 radical (unpaired) electrons. The molecule has 14 heteroatoms. The largest absolute Gasteiger partial charge is 0.383 e. The van der Waals surface area contributed by atoms with Gasteiger partial charge in [0.25, 0.3) is 10.0 Å². The summed E-state index contributed by atoms with van der Waals surface area (Å²) >= 11 is 12.2. The Balaban J connectivity index is 1.27. The summed E-state index contributed by atoms with van der Waals surface area (Å²) in [6.07, 6.45) is 5.41. The number of likely N-dealkylation sites (N-methyl/N-ethyl adjacent to an activating group) is 1. The van der Waals surface area contributed by atoms with Gasteiger partial charge in [0.1, 0.15) is 28.6 Å². The molecule has 10 nitrogen and oxygen atoms in total. The van der Waals surface area contributed by atoms with E-state index in [0.29, 0.717) is 28.3 Å². The maximum Gasteiger partial charge on any atom is 0.264 e. The van der Waals surface area contributed by atoms with Gasteiger partial charge in [0.05, 0.1) is 27.2 Å². The first-order valence-corrected chi connectivity index (χ1v) is 16.0. The van der Waals surface area contributed by atoms with Gasteiger partial charge in [-0.2, -0.15) is 5.10 Å². The molecule has 1 saturated carbocycles. The summed E-state index contributed by atoms with van der Waals surface area (Å²) in [6, 6.07) is 9.13.